The van der Waals surface area contributed by atoms with E-state index in [0.717, 1.165) is 29.3 Å². The standard InChI is InChI=1S/C27H29F2N3O6/c1-27(2,14-37-4)23-19(28)10-17(11-20(23)29)30-25(34)24-18-6-5-15(13-36-3)9-16(18)7-8-32(24)26(35)21-12-22(33)31-38-21/h5-6,9-12,24H,7-8,13-14H2,1-4H3,(H,30,34)(H,31,33). The summed E-state index contributed by atoms with van der Waals surface area (Å²) in [7, 11) is 3.01. The second-order valence-electron chi connectivity index (χ2n) is 9.82. The van der Waals surface area contributed by atoms with Crippen LogP contribution in [0.1, 0.15) is 52.7 Å². The van der Waals surface area contributed by atoms with Crippen LogP contribution in [-0.2, 0) is 32.7 Å². The third kappa shape index (κ3) is 5.39. The molecule has 2 amide bonds. The number of rotatable bonds is 8. The molecule has 0 fully saturated rings. The molecule has 0 saturated carbocycles. The molecule has 9 nitrogen and oxygen atoms in total. The van der Waals surface area contributed by atoms with E-state index in [9.17, 15) is 14.4 Å². The fourth-order valence-electron chi connectivity index (χ4n) is 4.90. The van der Waals surface area contributed by atoms with E-state index >= 15 is 8.78 Å². The summed E-state index contributed by atoms with van der Waals surface area (Å²) in [6, 6.07) is 7.31. The fraction of sp³-hybridized carbons (Fsp3) is 0.370. The monoisotopic (exact) mass is 529 g/mol. The van der Waals surface area contributed by atoms with Crippen molar-refractivity contribution in [3.8, 4) is 0 Å². The first-order valence-corrected chi connectivity index (χ1v) is 11.9. The number of aromatic amines is 1. The summed E-state index contributed by atoms with van der Waals surface area (Å²) in [5, 5.41) is 4.62. The lowest BCUT2D eigenvalue weighted by molar-refractivity contribution is -0.121. The lowest BCUT2D eigenvalue weighted by atomic mass is 9.84. The fourth-order valence-corrected chi connectivity index (χ4v) is 4.90. The summed E-state index contributed by atoms with van der Waals surface area (Å²) in [4.78, 5) is 39.6. The zero-order chi connectivity index (χ0) is 27.6. The van der Waals surface area contributed by atoms with E-state index in [0.29, 0.717) is 18.6 Å². The van der Waals surface area contributed by atoms with Crippen LogP contribution in [0.2, 0.25) is 0 Å². The van der Waals surface area contributed by atoms with Gasteiger partial charge < -0.3 is 24.2 Å². The lowest BCUT2D eigenvalue weighted by Crippen LogP contribution is -2.45. The van der Waals surface area contributed by atoms with Gasteiger partial charge in [-0.15, -0.1) is 0 Å². The van der Waals surface area contributed by atoms with E-state index in [2.05, 4.69) is 10.5 Å². The molecule has 1 aromatic heterocycles. The number of carbonyl (C=O) groups excluding carboxylic acids is 2. The van der Waals surface area contributed by atoms with Crippen LogP contribution in [0, 0.1) is 11.6 Å². The van der Waals surface area contributed by atoms with E-state index in [1.165, 1.54) is 12.0 Å². The number of ether oxygens (including phenoxy) is 2. The largest absolute Gasteiger partial charge is 0.384 e. The number of methoxy groups -OCH3 is 2. The average molecular weight is 530 g/mol. The van der Waals surface area contributed by atoms with Gasteiger partial charge in [-0.25, -0.2) is 8.78 Å². The van der Waals surface area contributed by atoms with Crippen LogP contribution in [-0.4, -0.2) is 49.2 Å². The maximum atomic E-state index is 15.0. The molecule has 0 aliphatic carbocycles. The van der Waals surface area contributed by atoms with Gasteiger partial charge in [-0.2, -0.15) is 5.16 Å². The average Bonchev–Trinajstić information content (AvgIpc) is 3.28. The van der Waals surface area contributed by atoms with Gasteiger partial charge in [-0.3, -0.25) is 14.4 Å². The maximum absolute atomic E-state index is 15.0. The van der Waals surface area contributed by atoms with Crippen LogP contribution >= 0.6 is 0 Å². The summed E-state index contributed by atoms with van der Waals surface area (Å²) < 4.78 is 45.3. The van der Waals surface area contributed by atoms with Crippen LogP contribution < -0.4 is 10.9 Å². The molecule has 2 aromatic carbocycles. The summed E-state index contributed by atoms with van der Waals surface area (Å²) in [6.07, 6.45) is 0.434. The van der Waals surface area contributed by atoms with Crippen molar-refractivity contribution in [3.05, 3.63) is 86.4 Å². The molecule has 4 rings (SSSR count). The quantitative estimate of drug-likeness (QED) is 0.460. The molecule has 11 heteroatoms. The van der Waals surface area contributed by atoms with Gasteiger partial charge in [0.2, 0.25) is 5.76 Å². The third-order valence-electron chi connectivity index (χ3n) is 6.48. The lowest BCUT2D eigenvalue weighted by Gasteiger charge is -2.36. The Morgan fingerprint density at radius 3 is 2.45 bits per heavy atom. The number of hydrogen-bond acceptors (Lipinski definition) is 6. The summed E-state index contributed by atoms with van der Waals surface area (Å²) in [5.41, 5.74) is 0.443. The summed E-state index contributed by atoms with van der Waals surface area (Å²) >= 11 is 0. The van der Waals surface area contributed by atoms with Crippen LogP contribution in [0.3, 0.4) is 0 Å². The Labute approximate surface area is 217 Å². The number of hydrogen-bond donors (Lipinski definition) is 2. The zero-order valence-corrected chi connectivity index (χ0v) is 21.5. The highest BCUT2D eigenvalue weighted by atomic mass is 19.1. The number of carbonyl (C=O) groups is 2. The van der Waals surface area contributed by atoms with Gasteiger partial charge in [-0.1, -0.05) is 32.0 Å². The Morgan fingerprint density at radius 2 is 1.84 bits per heavy atom. The molecular formula is C27H29F2N3O6. The smallest absolute Gasteiger partial charge is 0.293 e. The number of halogens is 2. The molecule has 202 valence electrons. The van der Waals surface area contributed by atoms with E-state index in [1.807, 2.05) is 6.07 Å². The van der Waals surface area contributed by atoms with Crippen molar-refractivity contribution in [2.45, 2.75) is 38.3 Å². The highest BCUT2D eigenvalue weighted by Crippen LogP contribution is 2.35. The van der Waals surface area contributed by atoms with E-state index in [4.69, 9.17) is 14.0 Å². The highest BCUT2D eigenvalue weighted by Gasteiger charge is 2.38. The third-order valence-corrected chi connectivity index (χ3v) is 6.48. The van der Waals surface area contributed by atoms with Crippen molar-refractivity contribution in [1.29, 1.82) is 0 Å². The van der Waals surface area contributed by atoms with Crippen molar-refractivity contribution in [2.75, 3.05) is 32.7 Å². The minimum Gasteiger partial charge on any atom is -0.384 e. The first-order valence-electron chi connectivity index (χ1n) is 11.9. The number of benzene rings is 2. The second-order valence-corrected chi connectivity index (χ2v) is 9.82. The van der Waals surface area contributed by atoms with Crippen molar-refractivity contribution < 1.29 is 32.4 Å². The van der Waals surface area contributed by atoms with Gasteiger partial charge in [0, 0.05) is 37.4 Å². The number of anilines is 1. The van der Waals surface area contributed by atoms with Crippen LogP contribution in [0.15, 0.2) is 45.7 Å². The molecule has 2 heterocycles. The first-order chi connectivity index (χ1) is 18.1. The Bertz CT molecular complexity index is 1390. The van der Waals surface area contributed by atoms with Crippen molar-refractivity contribution in [3.63, 3.8) is 0 Å². The Kier molecular flexibility index (Phi) is 7.79. The predicted octanol–water partition coefficient (Wildman–Crippen LogP) is 3.69. The molecule has 0 saturated heterocycles. The van der Waals surface area contributed by atoms with Gasteiger partial charge in [0.1, 0.15) is 17.7 Å². The predicted molar refractivity (Wildman–Crippen MR) is 134 cm³/mol. The van der Waals surface area contributed by atoms with E-state index in [1.54, 1.807) is 33.1 Å². The molecule has 1 unspecified atom stereocenters. The Hall–Kier alpha value is -3.83. The van der Waals surface area contributed by atoms with Gasteiger partial charge in [-0.05, 0) is 35.2 Å². The van der Waals surface area contributed by atoms with Crippen LogP contribution in [0.5, 0.6) is 0 Å². The van der Waals surface area contributed by atoms with Gasteiger partial charge in [0.15, 0.2) is 0 Å². The number of nitrogens with zero attached hydrogens (tertiary/aromatic N) is 1. The number of amides is 2. The molecule has 1 aliphatic heterocycles. The number of nitrogens with one attached hydrogen (secondary N) is 2. The van der Waals surface area contributed by atoms with Crippen LogP contribution in [0.4, 0.5) is 14.5 Å². The minimum absolute atomic E-state index is 0.0861. The highest BCUT2D eigenvalue weighted by molar-refractivity contribution is 6.01. The summed E-state index contributed by atoms with van der Waals surface area (Å²) in [5.74, 6) is -3.28. The molecular weight excluding hydrogens is 500 g/mol. The van der Waals surface area contributed by atoms with Crippen molar-refractivity contribution in [2.24, 2.45) is 0 Å². The number of H-pyrrole nitrogens is 1. The number of aromatic nitrogens is 1. The van der Waals surface area contributed by atoms with Crippen molar-refractivity contribution >= 4 is 17.5 Å². The van der Waals surface area contributed by atoms with Gasteiger partial charge in [0.25, 0.3) is 17.4 Å². The molecule has 0 radical (unpaired) electrons. The molecule has 0 bridgehead atoms. The molecule has 1 atom stereocenters. The van der Waals surface area contributed by atoms with Gasteiger partial charge in [0.05, 0.1) is 19.3 Å². The molecule has 38 heavy (non-hydrogen) atoms. The first kappa shape index (κ1) is 27.2. The zero-order valence-electron chi connectivity index (χ0n) is 21.5. The molecule has 1 aliphatic rings. The molecule has 0 spiro atoms. The summed E-state index contributed by atoms with van der Waals surface area (Å²) in [6.45, 7) is 3.89. The topological polar surface area (TPSA) is 114 Å². The second kappa shape index (κ2) is 10.9. The minimum atomic E-state index is -1.15. The normalized spacial score (nSPS) is 15.3. The Morgan fingerprint density at radius 1 is 1.13 bits per heavy atom. The molecule has 3 aromatic rings. The van der Waals surface area contributed by atoms with Gasteiger partial charge >= 0.3 is 0 Å². The van der Waals surface area contributed by atoms with Crippen LogP contribution in [0.25, 0.3) is 0 Å². The Balaban J connectivity index is 1.70. The number of fused-ring (bicyclic) bond motifs is 1. The maximum Gasteiger partial charge on any atom is 0.293 e. The molecule has 2 N–H and O–H groups in total. The van der Waals surface area contributed by atoms with E-state index in [-0.39, 0.29) is 30.2 Å². The van der Waals surface area contributed by atoms with Crippen molar-refractivity contribution in [1.82, 2.24) is 10.1 Å². The van der Waals surface area contributed by atoms with E-state index < -0.39 is 40.5 Å². The SMILES string of the molecule is COCc1ccc2c(c1)CCN(C(=O)c1cc(=O)[nH]o1)C2C(=O)Nc1cc(F)c(C(C)(C)COC)c(F)c1.